The van der Waals surface area contributed by atoms with E-state index in [9.17, 15) is 28.8 Å². The zero-order valence-electron chi connectivity index (χ0n) is 36.1. The monoisotopic (exact) mass is 893 g/mol. The number of aromatic nitrogens is 3. The number of piperidine rings is 3. The van der Waals surface area contributed by atoms with Gasteiger partial charge in [0.05, 0.1) is 35.0 Å². The minimum Gasteiger partial charge on any atom is -0.478 e. The lowest BCUT2D eigenvalue weighted by Gasteiger charge is -2.47. The van der Waals surface area contributed by atoms with Crippen molar-refractivity contribution in [1.82, 2.24) is 35.0 Å². The third kappa shape index (κ3) is 8.43. The number of pyridine rings is 1. The van der Waals surface area contributed by atoms with E-state index in [1.807, 2.05) is 44.2 Å². The summed E-state index contributed by atoms with van der Waals surface area (Å²) in [5.41, 5.74) is 2.73. The minimum absolute atomic E-state index is 0.0853. The lowest BCUT2D eigenvalue weighted by atomic mass is 9.82. The van der Waals surface area contributed by atoms with Gasteiger partial charge in [-0.15, -0.1) is 0 Å². The van der Waals surface area contributed by atoms with Crippen LogP contribution in [0.25, 0.3) is 10.9 Å². The van der Waals surface area contributed by atoms with Crippen LogP contribution in [0.2, 0.25) is 5.02 Å². The van der Waals surface area contributed by atoms with Crippen molar-refractivity contribution < 1.29 is 33.4 Å². The highest BCUT2D eigenvalue weighted by Gasteiger charge is 2.46. The molecule has 0 bridgehead atoms. The zero-order valence-corrected chi connectivity index (χ0v) is 36.9. The number of likely N-dealkylation sites (tertiary alicyclic amines) is 1. The normalized spacial score (nSPS) is 22.2. The molecule has 4 aliphatic heterocycles. The van der Waals surface area contributed by atoms with Gasteiger partial charge < -0.3 is 34.5 Å². The summed E-state index contributed by atoms with van der Waals surface area (Å²) in [6.45, 7) is 6.81. The smallest absolute Gasteiger partial charge is 0.293 e. The van der Waals surface area contributed by atoms with Gasteiger partial charge in [-0.05, 0) is 114 Å². The summed E-state index contributed by atoms with van der Waals surface area (Å²) in [5.74, 6) is -1.01. The quantitative estimate of drug-likeness (QED) is 0.166. The summed E-state index contributed by atoms with van der Waals surface area (Å²) in [4.78, 5) is 91.5. The van der Waals surface area contributed by atoms with Gasteiger partial charge >= 0.3 is 0 Å². The summed E-state index contributed by atoms with van der Waals surface area (Å²) in [6.07, 6.45) is 7.54. The third-order valence-corrected chi connectivity index (χ3v) is 13.6. The van der Waals surface area contributed by atoms with Gasteiger partial charge in [0.25, 0.3) is 23.3 Å². The predicted octanol–water partition coefficient (Wildman–Crippen LogP) is 4.69. The highest BCUT2D eigenvalue weighted by molar-refractivity contribution is 6.33. The molecule has 1 saturated carbocycles. The summed E-state index contributed by atoms with van der Waals surface area (Å²) < 4.78 is 13.9. The van der Waals surface area contributed by atoms with Crippen LogP contribution >= 0.6 is 11.6 Å². The van der Waals surface area contributed by atoms with Crippen molar-refractivity contribution in [3.8, 4) is 5.75 Å². The van der Waals surface area contributed by atoms with Crippen molar-refractivity contribution in [2.45, 2.75) is 101 Å². The fourth-order valence-electron chi connectivity index (χ4n) is 9.83. The maximum absolute atomic E-state index is 13.7. The molecule has 0 unspecified atom stereocenters. The predicted molar refractivity (Wildman–Crippen MR) is 238 cm³/mol. The number of likely N-dealkylation sites (N-methyl/N-ethyl adjacent to an activating group) is 1. The Bertz CT molecular complexity index is 2580. The van der Waals surface area contributed by atoms with Gasteiger partial charge in [0, 0.05) is 49.7 Å². The first-order valence-electron chi connectivity index (χ1n) is 22.2. The summed E-state index contributed by atoms with van der Waals surface area (Å²) >= 11 is 6.60. The second-order valence-corrected chi connectivity index (χ2v) is 18.0. The molecular weight excluding hydrogens is 842 g/mol. The zero-order chi connectivity index (χ0) is 44.8. The molecule has 1 aliphatic carbocycles. The molecule has 2 aromatic carbocycles. The van der Waals surface area contributed by atoms with Crippen molar-refractivity contribution >= 4 is 69.5 Å². The highest BCUT2D eigenvalue weighted by atomic mass is 35.5. The van der Waals surface area contributed by atoms with Crippen LogP contribution in [0.1, 0.15) is 103 Å². The number of anilines is 3. The van der Waals surface area contributed by atoms with Crippen LogP contribution in [0, 0.1) is 0 Å². The Balaban J connectivity index is 0.757. The average Bonchev–Trinajstić information content (AvgIpc) is 3.53. The van der Waals surface area contributed by atoms with E-state index in [0.29, 0.717) is 39.6 Å². The molecule has 3 N–H and O–H groups in total. The number of carbonyl (C=O) groups excluding carboxylic acids is 5. The van der Waals surface area contributed by atoms with Gasteiger partial charge in [-0.25, -0.2) is 4.98 Å². The van der Waals surface area contributed by atoms with E-state index in [1.54, 1.807) is 22.9 Å². The summed E-state index contributed by atoms with van der Waals surface area (Å²) in [5, 5.41) is 9.20. The number of benzene rings is 2. The maximum Gasteiger partial charge on any atom is 0.293 e. The third-order valence-electron chi connectivity index (χ3n) is 13.3. The van der Waals surface area contributed by atoms with Crippen LogP contribution in [0.5, 0.6) is 5.75 Å². The van der Waals surface area contributed by atoms with Crippen molar-refractivity contribution in [1.29, 1.82) is 0 Å². The Kier molecular flexibility index (Phi) is 12.1. The van der Waals surface area contributed by atoms with Crippen molar-refractivity contribution in [2.75, 3.05) is 50.1 Å². The fourth-order valence-corrected chi connectivity index (χ4v) is 9.97. The second-order valence-electron chi connectivity index (χ2n) is 17.6. The van der Waals surface area contributed by atoms with E-state index >= 15 is 0 Å². The summed E-state index contributed by atoms with van der Waals surface area (Å²) in [7, 11) is 1.51. The molecule has 4 fully saturated rings. The number of fused-ring (bicyclic) bond motifs is 2. The Morgan fingerprint density at radius 2 is 1.70 bits per heavy atom. The molecule has 2 aromatic heterocycles. The minimum atomic E-state index is -0.977. The van der Waals surface area contributed by atoms with Crippen LogP contribution in [0.15, 0.2) is 53.5 Å². The number of carbonyl (C=O) groups is 5. The first kappa shape index (κ1) is 43.3. The molecule has 9 rings (SSSR count). The molecule has 5 amide bonds. The second kappa shape index (κ2) is 17.9. The molecule has 6 heterocycles. The number of halogens is 1. The number of amides is 5. The standard InChI is InChI=1S/C46H52ClN9O8/c1-25(2)55-35-8-7-28(19-27(35)20-37(44(55)61)63-24-39(58)48-3)50-41-34(47)23-49-46(52-41)54-17-13-30(14-18-54)64-31-21-29(22-31)53-15-11-26(12-16-53)32-5-4-6-33-40(32)45(62)56(43(33)60)36-9-10-38(57)51-42(36)59/h4-8,19-20,23,25-26,29-31,36H,9-18,21-22,24H2,1-3H3,(H,48,58)(H,49,50,52)(H,51,57,59)/t29?,31?,36-/m1/s1. The van der Waals surface area contributed by atoms with E-state index < -0.39 is 29.7 Å². The van der Waals surface area contributed by atoms with Crippen LogP contribution in [0.4, 0.5) is 17.5 Å². The SMILES string of the molecule is CNC(=O)COc1cc2cc(Nc3nc(N4CCC(OC5CC(N6CCC(c7cccc8c7C(=O)N([C@@H]7CCC(=O)NC7=O)C8=O)CC6)C5)CC4)ncc3Cl)ccc2n(C(C)C)c1=O. The number of nitrogens with zero attached hydrogens (tertiary/aromatic N) is 6. The Morgan fingerprint density at radius 1 is 0.938 bits per heavy atom. The topological polar surface area (TPSA) is 197 Å². The number of ether oxygens (including phenoxy) is 2. The van der Waals surface area contributed by atoms with Crippen LogP contribution in [-0.2, 0) is 19.1 Å². The van der Waals surface area contributed by atoms with E-state index in [-0.39, 0.29) is 60.8 Å². The highest BCUT2D eigenvalue weighted by Crippen LogP contribution is 2.40. The van der Waals surface area contributed by atoms with Crippen LogP contribution in [0.3, 0.4) is 0 Å². The average molecular weight is 894 g/mol. The molecule has 4 aromatic rings. The molecule has 18 heteroatoms. The van der Waals surface area contributed by atoms with E-state index in [1.165, 1.54) is 7.05 Å². The van der Waals surface area contributed by atoms with Crippen LogP contribution < -0.4 is 31.1 Å². The first-order valence-corrected chi connectivity index (χ1v) is 22.6. The largest absolute Gasteiger partial charge is 0.478 e. The Morgan fingerprint density at radius 3 is 2.42 bits per heavy atom. The van der Waals surface area contributed by atoms with E-state index in [0.717, 1.165) is 86.1 Å². The van der Waals surface area contributed by atoms with Crippen molar-refractivity contribution in [2.24, 2.45) is 0 Å². The molecular formula is C46H52ClN9O8. The fraction of sp³-hybridized carbons (Fsp3) is 0.478. The van der Waals surface area contributed by atoms with E-state index in [4.69, 9.17) is 26.1 Å². The lowest BCUT2D eigenvalue weighted by Crippen LogP contribution is -2.54. The molecule has 64 heavy (non-hydrogen) atoms. The molecule has 0 radical (unpaired) electrons. The maximum atomic E-state index is 13.7. The lowest BCUT2D eigenvalue weighted by molar-refractivity contribution is -0.136. The van der Waals surface area contributed by atoms with Gasteiger partial charge in [-0.2, -0.15) is 4.98 Å². The van der Waals surface area contributed by atoms with E-state index in [2.05, 4.69) is 30.7 Å². The Hall–Kier alpha value is -5.91. The van der Waals surface area contributed by atoms with Crippen LogP contribution in [-0.4, -0.2) is 118 Å². The van der Waals surface area contributed by atoms with Crippen molar-refractivity contribution in [3.05, 3.63) is 80.7 Å². The summed E-state index contributed by atoms with van der Waals surface area (Å²) in [6, 6.07) is 12.0. The van der Waals surface area contributed by atoms with Gasteiger partial charge in [0.1, 0.15) is 11.1 Å². The van der Waals surface area contributed by atoms with Gasteiger partial charge in [-0.3, -0.25) is 39.0 Å². The number of hydrogen-bond donors (Lipinski definition) is 3. The molecule has 0 spiro atoms. The molecule has 5 aliphatic rings. The Labute approximate surface area is 374 Å². The number of nitrogens with one attached hydrogen (secondary N) is 3. The number of hydrogen-bond acceptors (Lipinski definition) is 13. The molecule has 3 saturated heterocycles. The van der Waals surface area contributed by atoms with Gasteiger partial charge in [0.15, 0.2) is 18.2 Å². The number of imide groups is 2. The molecule has 336 valence electrons. The first-order chi connectivity index (χ1) is 30.9. The number of rotatable bonds is 12. The molecule has 17 nitrogen and oxygen atoms in total. The van der Waals surface area contributed by atoms with Crippen molar-refractivity contribution in [3.63, 3.8) is 0 Å². The van der Waals surface area contributed by atoms with Gasteiger partial charge in [0.2, 0.25) is 17.8 Å². The molecule has 1 atom stereocenters. The van der Waals surface area contributed by atoms with Gasteiger partial charge in [-0.1, -0.05) is 23.7 Å².